The summed E-state index contributed by atoms with van der Waals surface area (Å²) in [5.41, 5.74) is 3.15. The van der Waals surface area contributed by atoms with E-state index in [2.05, 4.69) is 48.6 Å². The van der Waals surface area contributed by atoms with E-state index < -0.39 is 0 Å². The summed E-state index contributed by atoms with van der Waals surface area (Å²) in [6.07, 6.45) is 2.80. The summed E-state index contributed by atoms with van der Waals surface area (Å²) in [6, 6.07) is 4.00. The van der Waals surface area contributed by atoms with Crippen molar-refractivity contribution in [2.45, 2.75) is 52.0 Å². The van der Waals surface area contributed by atoms with Crippen LogP contribution in [0, 0.1) is 5.92 Å². The van der Waals surface area contributed by atoms with Gasteiger partial charge in [-0.2, -0.15) is 5.10 Å². The molecule has 0 saturated carbocycles. The number of hydrogen-bond donors (Lipinski definition) is 1. The largest absolute Gasteiger partial charge is 0.383 e. The van der Waals surface area contributed by atoms with Crippen molar-refractivity contribution < 1.29 is 14.3 Å². The highest BCUT2D eigenvalue weighted by Crippen LogP contribution is 2.34. The molecule has 0 atom stereocenters. The minimum absolute atomic E-state index is 0.0768. The molecule has 3 aromatic rings. The lowest BCUT2D eigenvalue weighted by Crippen LogP contribution is -2.50. The fraction of sp³-hybridized carbons (Fsp3) is 0.481. The Bertz CT molecular complexity index is 1330. The predicted octanol–water partition coefficient (Wildman–Crippen LogP) is 5.01. The van der Waals surface area contributed by atoms with Crippen LogP contribution < -0.4 is 0 Å². The Labute approximate surface area is 227 Å². The van der Waals surface area contributed by atoms with Crippen LogP contribution in [0.3, 0.4) is 0 Å². The Morgan fingerprint density at radius 3 is 2.62 bits per heavy atom. The minimum atomic E-state index is -0.114. The first-order valence-corrected chi connectivity index (χ1v) is 13.1. The van der Waals surface area contributed by atoms with Gasteiger partial charge in [-0.3, -0.25) is 14.7 Å². The molecule has 0 radical (unpaired) electrons. The van der Waals surface area contributed by atoms with E-state index in [0.29, 0.717) is 56.2 Å². The number of carbonyl (C=O) groups is 2. The summed E-state index contributed by atoms with van der Waals surface area (Å²) in [4.78, 5) is 31.2. The first-order chi connectivity index (χ1) is 17.5. The van der Waals surface area contributed by atoms with Crippen LogP contribution >= 0.6 is 23.2 Å². The van der Waals surface area contributed by atoms with Gasteiger partial charge in [-0.25, -0.2) is 4.98 Å². The Kier molecular flexibility index (Phi) is 8.11. The second kappa shape index (κ2) is 11.0. The highest BCUT2D eigenvalue weighted by atomic mass is 35.5. The molecular formula is C27H33Cl2N5O3. The van der Waals surface area contributed by atoms with E-state index in [1.54, 1.807) is 12.0 Å². The molecule has 0 bridgehead atoms. The van der Waals surface area contributed by atoms with Crippen molar-refractivity contribution in [3.63, 3.8) is 0 Å². The molecule has 1 saturated heterocycles. The van der Waals surface area contributed by atoms with E-state index in [9.17, 15) is 9.59 Å². The van der Waals surface area contributed by atoms with Crippen molar-refractivity contribution in [2.24, 2.45) is 5.92 Å². The van der Waals surface area contributed by atoms with Crippen molar-refractivity contribution in [1.82, 2.24) is 24.6 Å². The Hall–Kier alpha value is -2.68. The summed E-state index contributed by atoms with van der Waals surface area (Å²) in [7, 11) is 1.62. The number of Topliss-reactive ketones (excluding diaryl/α,β-unsaturated/α-hetero) is 1. The van der Waals surface area contributed by atoms with Crippen LogP contribution in [-0.4, -0.2) is 63.1 Å². The molecule has 0 unspecified atom stereocenters. The van der Waals surface area contributed by atoms with Crippen LogP contribution in [0.2, 0.25) is 10.2 Å². The Balaban J connectivity index is 1.54. The van der Waals surface area contributed by atoms with E-state index in [-0.39, 0.29) is 28.2 Å². The van der Waals surface area contributed by atoms with Crippen LogP contribution in [-0.2, 0) is 34.3 Å². The van der Waals surface area contributed by atoms with Crippen LogP contribution in [0.5, 0.6) is 0 Å². The van der Waals surface area contributed by atoms with E-state index in [1.165, 1.54) is 6.08 Å². The number of halogens is 2. The number of H-pyrrole nitrogens is 1. The standard InChI is InChI=1S/C27H33Cl2N5O3/c1-6-24(36)33-14-16(15-33)11-22(35)25-26(29)30-23(34(25)9-10-37-5)8-7-20-17-12-18(27(2,3)4)19(28)13-21(17)32-31-20/h6,12-13,16H,1,7-11,14-15H2,2-5H3,(H,31,32). The molecule has 198 valence electrons. The topological polar surface area (TPSA) is 93.1 Å². The molecule has 3 heterocycles. The van der Waals surface area contributed by atoms with Gasteiger partial charge < -0.3 is 14.2 Å². The van der Waals surface area contributed by atoms with Crippen LogP contribution in [0.25, 0.3) is 10.9 Å². The molecule has 1 aliphatic heterocycles. The van der Waals surface area contributed by atoms with Gasteiger partial charge in [0, 0.05) is 61.6 Å². The molecule has 4 rings (SSSR count). The van der Waals surface area contributed by atoms with E-state index in [1.807, 2.05) is 10.6 Å². The summed E-state index contributed by atoms with van der Waals surface area (Å²) >= 11 is 13.0. The number of hydrogen-bond acceptors (Lipinski definition) is 5. The zero-order chi connectivity index (χ0) is 26.9. The summed E-state index contributed by atoms with van der Waals surface area (Å²) in [5, 5.41) is 9.51. The van der Waals surface area contributed by atoms with Gasteiger partial charge in [0.2, 0.25) is 5.91 Å². The highest BCUT2D eigenvalue weighted by molar-refractivity contribution is 6.32. The Morgan fingerprint density at radius 2 is 1.97 bits per heavy atom. The first-order valence-electron chi connectivity index (χ1n) is 12.4. The summed E-state index contributed by atoms with van der Waals surface area (Å²) in [5.74, 6) is 0.626. The molecule has 10 heteroatoms. The number of nitrogens with zero attached hydrogens (tertiary/aromatic N) is 4. The summed E-state index contributed by atoms with van der Waals surface area (Å²) in [6.45, 7) is 11.9. The number of aromatic nitrogens is 4. The molecule has 1 N–H and O–H groups in total. The zero-order valence-electron chi connectivity index (χ0n) is 21.7. The number of amides is 1. The smallest absolute Gasteiger partial charge is 0.245 e. The van der Waals surface area contributed by atoms with Gasteiger partial charge in [-0.1, -0.05) is 50.6 Å². The molecular weight excluding hydrogens is 513 g/mol. The van der Waals surface area contributed by atoms with E-state index in [0.717, 1.165) is 28.0 Å². The van der Waals surface area contributed by atoms with Gasteiger partial charge in [0.25, 0.3) is 0 Å². The van der Waals surface area contributed by atoms with Crippen LogP contribution in [0.4, 0.5) is 0 Å². The van der Waals surface area contributed by atoms with Crippen molar-refractivity contribution in [2.75, 3.05) is 26.8 Å². The Morgan fingerprint density at radius 1 is 1.24 bits per heavy atom. The van der Waals surface area contributed by atoms with Crippen LogP contribution in [0.15, 0.2) is 24.8 Å². The predicted molar refractivity (Wildman–Crippen MR) is 146 cm³/mol. The van der Waals surface area contributed by atoms with Gasteiger partial charge in [0.1, 0.15) is 11.5 Å². The van der Waals surface area contributed by atoms with E-state index >= 15 is 0 Å². The van der Waals surface area contributed by atoms with Crippen molar-refractivity contribution in [3.8, 4) is 0 Å². The van der Waals surface area contributed by atoms with Gasteiger partial charge in [-0.05, 0) is 35.6 Å². The molecule has 1 aliphatic rings. The van der Waals surface area contributed by atoms with Crippen molar-refractivity contribution in [3.05, 3.63) is 57.7 Å². The maximum absolute atomic E-state index is 13.2. The number of aryl methyl sites for hydroxylation is 2. The van der Waals surface area contributed by atoms with Crippen molar-refractivity contribution >= 4 is 45.8 Å². The average molecular weight is 546 g/mol. The normalized spacial score (nSPS) is 14.3. The fourth-order valence-electron chi connectivity index (χ4n) is 4.80. The number of benzene rings is 1. The number of ketones is 1. The average Bonchev–Trinajstić information content (AvgIpc) is 3.35. The quantitative estimate of drug-likeness (QED) is 0.285. The molecule has 8 nitrogen and oxygen atoms in total. The number of imidazole rings is 1. The minimum Gasteiger partial charge on any atom is -0.383 e. The molecule has 37 heavy (non-hydrogen) atoms. The third kappa shape index (κ3) is 5.76. The number of aromatic amines is 1. The molecule has 1 fully saturated rings. The number of likely N-dealkylation sites (tertiary alicyclic amines) is 1. The lowest BCUT2D eigenvalue weighted by Gasteiger charge is -2.38. The maximum atomic E-state index is 13.2. The monoisotopic (exact) mass is 545 g/mol. The molecule has 2 aromatic heterocycles. The van der Waals surface area contributed by atoms with E-state index in [4.69, 9.17) is 27.9 Å². The van der Waals surface area contributed by atoms with Gasteiger partial charge in [-0.15, -0.1) is 0 Å². The lowest BCUT2D eigenvalue weighted by atomic mass is 9.86. The fourth-order valence-corrected chi connectivity index (χ4v) is 5.55. The highest BCUT2D eigenvalue weighted by Gasteiger charge is 2.33. The summed E-state index contributed by atoms with van der Waals surface area (Å²) < 4.78 is 7.16. The maximum Gasteiger partial charge on any atom is 0.245 e. The van der Waals surface area contributed by atoms with Gasteiger partial charge in [0.15, 0.2) is 10.9 Å². The SMILES string of the molecule is C=CC(=O)N1CC(CC(=O)c2c(Cl)nc(CCc3[nH]nc4cc(Cl)c(C(C)(C)C)cc34)n2CCOC)C1. The number of methoxy groups -OCH3 is 1. The lowest BCUT2D eigenvalue weighted by molar-refractivity contribution is -0.132. The number of rotatable bonds is 10. The number of nitrogens with one attached hydrogen (secondary N) is 1. The van der Waals surface area contributed by atoms with Crippen molar-refractivity contribution in [1.29, 1.82) is 0 Å². The first kappa shape index (κ1) is 27.4. The molecule has 1 aromatic carbocycles. The third-order valence-corrected chi connectivity index (χ3v) is 7.41. The molecule has 0 aliphatic carbocycles. The van der Waals surface area contributed by atoms with Crippen LogP contribution in [0.1, 0.15) is 54.8 Å². The third-order valence-electron chi connectivity index (χ3n) is 6.83. The zero-order valence-corrected chi connectivity index (χ0v) is 23.2. The molecule has 1 amide bonds. The molecule has 0 spiro atoms. The second-order valence-electron chi connectivity index (χ2n) is 10.6. The second-order valence-corrected chi connectivity index (χ2v) is 11.3. The van der Waals surface area contributed by atoms with Gasteiger partial charge >= 0.3 is 0 Å². The van der Waals surface area contributed by atoms with Gasteiger partial charge in [0.05, 0.1) is 12.1 Å². The number of carbonyl (C=O) groups excluding carboxylic acids is 2. The number of ether oxygens (including phenoxy) is 1. The number of fused-ring (bicyclic) bond motifs is 1.